The average Bonchev–Trinajstić information content (AvgIpc) is 2.89. The SMILES string of the molecule is COc1cc(Br)ccc1OCC(=O)N=Nc1c(O)n(C)c2ccccc12. The summed E-state index contributed by atoms with van der Waals surface area (Å²) < 4.78 is 13.1. The first-order chi connectivity index (χ1) is 12.5. The number of carbonyl (C=O) groups is 1. The molecule has 8 heteroatoms. The summed E-state index contributed by atoms with van der Waals surface area (Å²) in [6.45, 7) is -0.299. The number of methoxy groups -OCH3 is 1. The molecule has 0 radical (unpaired) electrons. The number of fused-ring (bicyclic) bond motifs is 1. The standard InChI is InChI=1S/C18H16BrN3O4/c1-22-13-6-4-3-5-12(13)17(18(22)24)21-20-16(23)10-26-14-8-7-11(19)9-15(14)25-2/h3-9,24H,10H2,1-2H3. The zero-order valence-electron chi connectivity index (χ0n) is 14.1. The molecule has 1 amide bonds. The molecule has 26 heavy (non-hydrogen) atoms. The molecular weight excluding hydrogens is 402 g/mol. The number of nitrogens with zero attached hydrogens (tertiary/aromatic N) is 3. The van der Waals surface area contributed by atoms with E-state index in [0.717, 1.165) is 9.99 Å². The molecule has 0 fully saturated rings. The lowest BCUT2D eigenvalue weighted by molar-refractivity contribution is -0.120. The van der Waals surface area contributed by atoms with Crippen LogP contribution in [0.4, 0.5) is 5.69 Å². The number of rotatable bonds is 5. The molecule has 0 aliphatic rings. The third kappa shape index (κ3) is 3.55. The van der Waals surface area contributed by atoms with Crippen molar-refractivity contribution in [3.8, 4) is 17.4 Å². The van der Waals surface area contributed by atoms with Gasteiger partial charge >= 0.3 is 5.91 Å². The molecule has 0 atom stereocenters. The lowest BCUT2D eigenvalue weighted by atomic mass is 10.2. The van der Waals surface area contributed by atoms with Gasteiger partial charge in [-0.15, -0.1) is 10.2 Å². The minimum Gasteiger partial charge on any atom is -0.493 e. The molecule has 0 aliphatic carbocycles. The second-order valence-electron chi connectivity index (χ2n) is 5.43. The Morgan fingerprint density at radius 2 is 2.00 bits per heavy atom. The molecule has 7 nitrogen and oxygen atoms in total. The van der Waals surface area contributed by atoms with Crippen LogP contribution in [0.5, 0.6) is 17.4 Å². The van der Waals surface area contributed by atoms with Gasteiger partial charge in [-0.05, 0) is 24.3 Å². The van der Waals surface area contributed by atoms with E-state index in [1.54, 1.807) is 35.9 Å². The van der Waals surface area contributed by atoms with E-state index in [1.165, 1.54) is 7.11 Å². The van der Waals surface area contributed by atoms with Crippen molar-refractivity contribution in [1.82, 2.24) is 4.57 Å². The van der Waals surface area contributed by atoms with Gasteiger partial charge in [0.1, 0.15) is 0 Å². The van der Waals surface area contributed by atoms with Crippen molar-refractivity contribution in [2.45, 2.75) is 0 Å². The number of benzene rings is 2. The van der Waals surface area contributed by atoms with E-state index < -0.39 is 5.91 Å². The van der Waals surface area contributed by atoms with Gasteiger partial charge < -0.3 is 19.1 Å². The van der Waals surface area contributed by atoms with Crippen LogP contribution < -0.4 is 9.47 Å². The molecule has 0 saturated heterocycles. The maximum atomic E-state index is 12.0. The molecule has 0 aliphatic heterocycles. The molecule has 3 rings (SSSR count). The van der Waals surface area contributed by atoms with E-state index in [2.05, 4.69) is 26.2 Å². The predicted octanol–water partition coefficient (Wildman–Crippen LogP) is 4.34. The van der Waals surface area contributed by atoms with Crippen LogP contribution in [0.3, 0.4) is 0 Å². The predicted molar refractivity (Wildman–Crippen MR) is 100 cm³/mol. The Hall–Kier alpha value is -2.87. The number of hydrogen-bond acceptors (Lipinski definition) is 5. The zero-order valence-corrected chi connectivity index (χ0v) is 15.7. The van der Waals surface area contributed by atoms with Gasteiger partial charge in [0.25, 0.3) is 0 Å². The van der Waals surface area contributed by atoms with Crippen molar-refractivity contribution in [1.29, 1.82) is 0 Å². The van der Waals surface area contributed by atoms with Gasteiger partial charge in [0, 0.05) is 16.9 Å². The van der Waals surface area contributed by atoms with E-state index in [0.29, 0.717) is 16.9 Å². The summed E-state index contributed by atoms with van der Waals surface area (Å²) in [5.41, 5.74) is 1.04. The summed E-state index contributed by atoms with van der Waals surface area (Å²) in [6, 6.07) is 12.5. The van der Waals surface area contributed by atoms with Crippen molar-refractivity contribution in [3.63, 3.8) is 0 Å². The molecule has 1 heterocycles. The largest absolute Gasteiger partial charge is 0.493 e. The average molecular weight is 418 g/mol. The molecule has 1 aromatic heterocycles. The number of aryl methyl sites for hydroxylation is 1. The molecule has 0 unspecified atom stereocenters. The number of amides is 1. The molecule has 1 N–H and O–H groups in total. The fourth-order valence-corrected chi connectivity index (χ4v) is 2.83. The lowest BCUT2D eigenvalue weighted by Gasteiger charge is -2.09. The minimum atomic E-state index is -0.581. The molecule has 0 saturated carbocycles. The van der Waals surface area contributed by atoms with Crippen LogP contribution in [0, 0.1) is 0 Å². The number of carbonyl (C=O) groups excluding carboxylic acids is 1. The first kappa shape index (κ1) is 17.9. The van der Waals surface area contributed by atoms with E-state index >= 15 is 0 Å². The van der Waals surface area contributed by atoms with Gasteiger partial charge in [0.05, 0.1) is 12.6 Å². The summed E-state index contributed by atoms with van der Waals surface area (Å²) in [7, 11) is 3.22. The first-order valence-corrected chi connectivity index (χ1v) is 8.48. The van der Waals surface area contributed by atoms with Gasteiger partial charge in [-0.2, -0.15) is 0 Å². The number of ether oxygens (including phenoxy) is 2. The second-order valence-corrected chi connectivity index (χ2v) is 6.34. The van der Waals surface area contributed by atoms with Gasteiger partial charge in [-0.3, -0.25) is 4.79 Å². The monoisotopic (exact) mass is 417 g/mol. The van der Waals surface area contributed by atoms with Crippen molar-refractivity contribution < 1.29 is 19.4 Å². The fraction of sp³-hybridized carbons (Fsp3) is 0.167. The van der Waals surface area contributed by atoms with Crippen molar-refractivity contribution in [3.05, 3.63) is 46.9 Å². The molecule has 0 spiro atoms. The van der Waals surface area contributed by atoms with E-state index in [9.17, 15) is 9.90 Å². The van der Waals surface area contributed by atoms with Crippen LogP contribution in [0.2, 0.25) is 0 Å². The van der Waals surface area contributed by atoms with Crippen LogP contribution in [0.15, 0.2) is 57.2 Å². The normalized spacial score (nSPS) is 11.2. The van der Waals surface area contributed by atoms with E-state index in [1.807, 2.05) is 18.2 Å². The van der Waals surface area contributed by atoms with Gasteiger partial charge in [-0.25, -0.2) is 0 Å². The van der Waals surface area contributed by atoms with Crippen molar-refractivity contribution in [2.75, 3.05) is 13.7 Å². The van der Waals surface area contributed by atoms with Gasteiger partial charge in [0.2, 0.25) is 5.88 Å². The van der Waals surface area contributed by atoms with E-state index in [-0.39, 0.29) is 18.2 Å². The third-order valence-corrected chi connectivity index (χ3v) is 4.28. The summed E-state index contributed by atoms with van der Waals surface area (Å²) >= 11 is 3.33. The quantitative estimate of drug-likeness (QED) is 0.625. The topological polar surface area (TPSA) is 85.4 Å². The highest BCUT2D eigenvalue weighted by molar-refractivity contribution is 9.10. The highest BCUT2D eigenvalue weighted by atomic mass is 79.9. The first-order valence-electron chi connectivity index (χ1n) is 7.68. The molecule has 3 aromatic rings. The summed E-state index contributed by atoms with van der Waals surface area (Å²) in [5, 5.41) is 18.4. The number of para-hydroxylation sites is 1. The lowest BCUT2D eigenvalue weighted by Crippen LogP contribution is -2.08. The Labute approximate surface area is 158 Å². The summed E-state index contributed by atoms with van der Waals surface area (Å²) in [6.07, 6.45) is 0. The number of azo groups is 1. The number of aromatic hydroxyl groups is 1. The fourth-order valence-electron chi connectivity index (χ4n) is 2.49. The smallest absolute Gasteiger partial charge is 0.302 e. The van der Waals surface area contributed by atoms with Crippen molar-refractivity contribution in [2.24, 2.45) is 17.3 Å². The minimum absolute atomic E-state index is 0.0572. The number of hydrogen-bond donors (Lipinski definition) is 1. The highest BCUT2D eigenvalue weighted by Gasteiger charge is 2.14. The summed E-state index contributed by atoms with van der Waals surface area (Å²) in [5.74, 6) is 0.281. The van der Waals surface area contributed by atoms with E-state index in [4.69, 9.17) is 9.47 Å². The van der Waals surface area contributed by atoms with Crippen LogP contribution in [0.1, 0.15) is 0 Å². The Morgan fingerprint density at radius 1 is 1.23 bits per heavy atom. The molecule has 2 aromatic carbocycles. The molecule has 0 bridgehead atoms. The Bertz CT molecular complexity index is 998. The van der Waals surface area contributed by atoms with Crippen LogP contribution >= 0.6 is 15.9 Å². The number of aromatic nitrogens is 1. The van der Waals surface area contributed by atoms with Crippen LogP contribution in [-0.2, 0) is 11.8 Å². The Balaban J connectivity index is 1.74. The number of halogens is 1. The molecular formula is C18H16BrN3O4. The van der Waals surface area contributed by atoms with Crippen molar-refractivity contribution >= 4 is 38.4 Å². The van der Waals surface area contributed by atoms with Gasteiger partial charge in [-0.1, -0.05) is 34.1 Å². The maximum Gasteiger partial charge on any atom is 0.302 e. The highest BCUT2D eigenvalue weighted by Crippen LogP contribution is 2.37. The zero-order chi connectivity index (χ0) is 18.7. The van der Waals surface area contributed by atoms with Crippen LogP contribution in [-0.4, -0.2) is 29.3 Å². The molecule has 134 valence electrons. The third-order valence-electron chi connectivity index (χ3n) is 3.79. The van der Waals surface area contributed by atoms with Crippen LogP contribution in [0.25, 0.3) is 10.9 Å². The Morgan fingerprint density at radius 3 is 2.77 bits per heavy atom. The maximum absolute atomic E-state index is 12.0. The second kappa shape index (κ2) is 7.57. The Kier molecular flexibility index (Phi) is 5.22. The van der Waals surface area contributed by atoms with Gasteiger partial charge in [0.15, 0.2) is 23.8 Å². The summed E-state index contributed by atoms with van der Waals surface area (Å²) in [4.78, 5) is 12.0.